The first-order chi connectivity index (χ1) is 8.63. The molecule has 1 N–H and O–H groups in total. The van der Waals surface area contributed by atoms with Crippen LogP contribution in [0, 0.1) is 11.6 Å². The van der Waals surface area contributed by atoms with E-state index in [9.17, 15) is 13.6 Å². The molecule has 2 rings (SSSR count). The van der Waals surface area contributed by atoms with Gasteiger partial charge in [0, 0.05) is 18.7 Å². The maximum absolute atomic E-state index is 13.6. The maximum Gasteiger partial charge on any atom is 0.237 e. The highest BCUT2D eigenvalue weighted by Gasteiger charge is 2.30. The largest absolute Gasteiger partial charge is 0.355 e. The topological polar surface area (TPSA) is 32.3 Å². The number of carbonyl (C=O) groups is 1. The van der Waals surface area contributed by atoms with E-state index in [1.165, 1.54) is 18.2 Å². The van der Waals surface area contributed by atoms with Gasteiger partial charge in [-0.05, 0) is 25.1 Å². The summed E-state index contributed by atoms with van der Waals surface area (Å²) in [4.78, 5) is 13.4. The first-order valence-electron chi connectivity index (χ1n) is 6.08. The van der Waals surface area contributed by atoms with Gasteiger partial charge >= 0.3 is 0 Å². The van der Waals surface area contributed by atoms with Crippen LogP contribution in [0.2, 0.25) is 0 Å². The van der Waals surface area contributed by atoms with Crippen molar-refractivity contribution in [3.8, 4) is 0 Å². The molecule has 18 heavy (non-hydrogen) atoms. The van der Waals surface area contributed by atoms with Gasteiger partial charge in [-0.1, -0.05) is 13.0 Å². The third kappa shape index (κ3) is 2.51. The van der Waals surface area contributed by atoms with E-state index in [0.29, 0.717) is 19.5 Å². The van der Waals surface area contributed by atoms with Crippen molar-refractivity contribution in [1.82, 2.24) is 10.2 Å². The first-order valence-corrected chi connectivity index (χ1v) is 6.08. The molecule has 0 bridgehead atoms. The van der Waals surface area contributed by atoms with Crippen LogP contribution in [0.25, 0.3) is 0 Å². The minimum absolute atomic E-state index is 0.0269. The molecule has 1 unspecified atom stereocenters. The van der Waals surface area contributed by atoms with Crippen molar-refractivity contribution in [2.75, 3.05) is 13.1 Å². The number of carbonyl (C=O) groups excluding carboxylic acids is 1. The lowest BCUT2D eigenvalue weighted by Gasteiger charge is -2.25. The molecular weight excluding hydrogens is 238 g/mol. The molecule has 3 nitrogen and oxygen atoms in total. The molecule has 1 aliphatic heterocycles. The monoisotopic (exact) mass is 254 g/mol. The lowest BCUT2D eigenvalue weighted by molar-refractivity contribution is -0.123. The Kier molecular flexibility index (Phi) is 3.91. The average Bonchev–Trinajstić information content (AvgIpc) is 2.76. The van der Waals surface area contributed by atoms with Gasteiger partial charge in [-0.2, -0.15) is 0 Å². The lowest BCUT2D eigenvalue weighted by atomic mass is 10.1. The Morgan fingerprint density at radius 1 is 1.39 bits per heavy atom. The van der Waals surface area contributed by atoms with Gasteiger partial charge in [0.15, 0.2) is 0 Å². The second kappa shape index (κ2) is 5.44. The van der Waals surface area contributed by atoms with Gasteiger partial charge in [0.25, 0.3) is 0 Å². The second-order valence-corrected chi connectivity index (χ2v) is 4.36. The fourth-order valence-corrected chi connectivity index (χ4v) is 2.26. The lowest BCUT2D eigenvalue weighted by Crippen LogP contribution is -2.40. The highest BCUT2D eigenvalue weighted by molar-refractivity contribution is 5.83. The van der Waals surface area contributed by atoms with Gasteiger partial charge in [0.2, 0.25) is 5.91 Å². The molecule has 1 heterocycles. The Balaban J connectivity index is 2.17. The van der Waals surface area contributed by atoms with Crippen LogP contribution in [0.4, 0.5) is 8.78 Å². The van der Waals surface area contributed by atoms with Crippen LogP contribution in [0.1, 0.15) is 18.9 Å². The molecule has 98 valence electrons. The number of nitrogens with one attached hydrogen (secondary N) is 1. The van der Waals surface area contributed by atoms with Gasteiger partial charge in [-0.3, -0.25) is 9.69 Å². The highest BCUT2D eigenvalue weighted by atomic mass is 19.1. The summed E-state index contributed by atoms with van der Waals surface area (Å²) >= 11 is 0. The van der Waals surface area contributed by atoms with Crippen molar-refractivity contribution >= 4 is 5.91 Å². The Morgan fingerprint density at radius 3 is 2.56 bits per heavy atom. The van der Waals surface area contributed by atoms with E-state index < -0.39 is 11.6 Å². The molecule has 0 aliphatic carbocycles. The summed E-state index contributed by atoms with van der Waals surface area (Å²) in [6.07, 6.45) is 0.683. The first kappa shape index (κ1) is 13.0. The van der Waals surface area contributed by atoms with E-state index in [4.69, 9.17) is 0 Å². The van der Waals surface area contributed by atoms with Crippen LogP contribution in [0.5, 0.6) is 0 Å². The summed E-state index contributed by atoms with van der Waals surface area (Å²) in [6.45, 7) is 3.20. The predicted octanol–water partition coefficient (Wildman–Crippen LogP) is 1.68. The Hall–Kier alpha value is -1.49. The van der Waals surface area contributed by atoms with Crippen LogP contribution in [-0.4, -0.2) is 29.9 Å². The van der Waals surface area contributed by atoms with Crippen LogP contribution >= 0.6 is 0 Å². The van der Waals surface area contributed by atoms with E-state index in [1.54, 1.807) is 4.90 Å². The minimum atomic E-state index is -0.563. The zero-order valence-corrected chi connectivity index (χ0v) is 10.2. The van der Waals surface area contributed by atoms with Gasteiger partial charge in [-0.15, -0.1) is 0 Å². The van der Waals surface area contributed by atoms with Gasteiger partial charge in [0.1, 0.15) is 11.6 Å². The smallest absolute Gasteiger partial charge is 0.237 e. The summed E-state index contributed by atoms with van der Waals surface area (Å²) < 4.78 is 27.1. The number of benzene rings is 1. The van der Waals surface area contributed by atoms with E-state index >= 15 is 0 Å². The average molecular weight is 254 g/mol. The molecule has 0 aromatic heterocycles. The minimum Gasteiger partial charge on any atom is -0.355 e. The van der Waals surface area contributed by atoms with Crippen LogP contribution < -0.4 is 5.32 Å². The van der Waals surface area contributed by atoms with Crippen molar-refractivity contribution in [2.45, 2.75) is 25.9 Å². The zero-order chi connectivity index (χ0) is 13.1. The molecule has 1 aliphatic rings. The number of rotatable bonds is 4. The zero-order valence-electron chi connectivity index (χ0n) is 10.2. The Labute approximate surface area is 105 Å². The van der Waals surface area contributed by atoms with Crippen molar-refractivity contribution in [2.24, 2.45) is 0 Å². The molecule has 1 aromatic carbocycles. The predicted molar refractivity (Wildman–Crippen MR) is 63.9 cm³/mol. The molecule has 0 saturated carbocycles. The molecule has 1 aromatic rings. The summed E-state index contributed by atoms with van der Waals surface area (Å²) in [5, 5.41) is 2.73. The molecular formula is C13H16F2N2O. The number of likely N-dealkylation sites (N-methyl/N-ethyl adjacent to an activating group) is 1. The molecule has 0 radical (unpaired) electrons. The standard InChI is InChI=1S/C13H16F2N2O/c1-2-17(12-6-7-16-13(12)18)8-9-10(14)4-3-5-11(9)15/h3-5,12H,2,6-8H2,1H3,(H,16,18). The van der Waals surface area contributed by atoms with Crippen molar-refractivity contribution in [3.05, 3.63) is 35.4 Å². The Bertz CT molecular complexity index is 430. The van der Waals surface area contributed by atoms with E-state index in [0.717, 1.165) is 0 Å². The van der Waals surface area contributed by atoms with Crippen LogP contribution in [0.15, 0.2) is 18.2 Å². The van der Waals surface area contributed by atoms with Gasteiger partial charge in [0.05, 0.1) is 6.04 Å². The van der Waals surface area contributed by atoms with Crippen molar-refractivity contribution in [1.29, 1.82) is 0 Å². The fourth-order valence-electron chi connectivity index (χ4n) is 2.26. The number of amides is 1. The summed E-state index contributed by atoms with van der Waals surface area (Å²) in [6, 6.07) is 3.53. The molecule has 1 saturated heterocycles. The quantitative estimate of drug-likeness (QED) is 0.886. The normalized spacial score (nSPS) is 19.3. The summed E-state index contributed by atoms with van der Waals surface area (Å²) in [5.41, 5.74) is 0.0269. The van der Waals surface area contributed by atoms with Crippen LogP contribution in [-0.2, 0) is 11.3 Å². The third-order valence-corrected chi connectivity index (χ3v) is 3.29. The third-order valence-electron chi connectivity index (χ3n) is 3.29. The molecule has 1 amide bonds. The maximum atomic E-state index is 13.6. The molecule has 1 fully saturated rings. The van der Waals surface area contributed by atoms with Gasteiger partial charge < -0.3 is 5.32 Å². The fraction of sp³-hybridized carbons (Fsp3) is 0.462. The molecule has 0 spiro atoms. The summed E-state index contributed by atoms with van der Waals surface area (Å²) in [5.74, 6) is -1.19. The van der Waals surface area contributed by atoms with Crippen molar-refractivity contribution < 1.29 is 13.6 Å². The number of hydrogen-bond acceptors (Lipinski definition) is 2. The van der Waals surface area contributed by atoms with Crippen LogP contribution in [0.3, 0.4) is 0 Å². The number of halogens is 2. The van der Waals surface area contributed by atoms with Crippen molar-refractivity contribution in [3.63, 3.8) is 0 Å². The highest BCUT2D eigenvalue weighted by Crippen LogP contribution is 2.18. The summed E-state index contributed by atoms with van der Waals surface area (Å²) in [7, 11) is 0. The van der Waals surface area contributed by atoms with E-state index in [2.05, 4.69) is 5.32 Å². The van der Waals surface area contributed by atoms with E-state index in [1.807, 2.05) is 6.92 Å². The SMILES string of the molecule is CCN(Cc1c(F)cccc1F)C1CCNC1=O. The molecule has 1 atom stereocenters. The molecule has 5 heteroatoms. The number of nitrogens with zero attached hydrogens (tertiary/aromatic N) is 1. The number of hydrogen-bond donors (Lipinski definition) is 1. The van der Waals surface area contributed by atoms with E-state index in [-0.39, 0.29) is 24.1 Å². The Morgan fingerprint density at radius 2 is 2.06 bits per heavy atom. The van der Waals surface area contributed by atoms with Gasteiger partial charge in [-0.25, -0.2) is 8.78 Å². The second-order valence-electron chi connectivity index (χ2n) is 4.36.